The molecule has 0 aliphatic rings. The molecule has 2 aromatic heterocycles. The SMILES string of the molecule is c1ccc(-c2cccc(N(c3ccc(-c4cccc5c4sc4ccccc45)cc3)c3cccc4oc5ccccc5c34)c2)cc1. The van der Waals surface area contributed by atoms with E-state index in [0.717, 1.165) is 39.0 Å². The summed E-state index contributed by atoms with van der Waals surface area (Å²) in [6, 6.07) is 58.4. The number of anilines is 3. The second kappa shape index (κ2) is 10.5. The van der Waals surface area contributed by atoms with Crippen LogP contribution in [0, 0.1) is 0 Å². The van der Waals surface area contributed by atoms with E-state index in [9.17, 15) is 0 Å². The number of fused-ring (bicyclic) bond motifs is 6. The summed E-state index contributed by atoms with van der Waals surface area (Å²) < 4.78 is 8.97. The van der Waals surface area contributed by atoms with Gasteiger partial charge in [-0.05, 0) is 70.8 Å². The number of hydrogen-bond acceptors (Lipinski definition) is 3. The van der Waals surface area contributed by atoms with Crippen LogP contribution in [0.2, 0.25) is 0 Å². The predicted molar refractivity (Wildman–Crippen MR) is 192 cm³/mol. The lowest BCUT2D eigenvalue weighted by Gasteiger charge is -2.27. The number of para-hydroxylation sites is 1. The molecule has 0 N–H and O–H groups in total. The summed E-state index contributed by atoms with van der Waals surface area (Å²) in [5.41, 5.74) is 9.88. The smallest absolute Gasteiger partial charge is 0.137 e. The Hall–Kier alpha value is -5.64. The molecule has 0 radical (unpaired) electrons. The molecule has 0 atom stereocenters. The number of furan rings is 1. The zero-order valence-electron chi connectivity index (χ0n) is 24.4. The highest BCUT2D eigenvalue weighted by molar-refractivity contribution is 7.26. The molecule has 0 fully saturated rings. The summed E-state index contributed by atoms with van der Waals surface area (Å²) in [6.07, 6.45) is 0. The van der Waals surface area contributed by atoms with Gasteiger partial charge in [-0.15, -0.1) is 11.3 Å². The standard InChI is InChI=1S/C42H27NOS/c1-2-11-28(12-3-1)30-13-8-14-32(27-30)43(37-19-10-21-39-41(37)36-16-4-6-20-38(36)44-39)31-25-23-29(24-26-31)33-17-9-18-35-34-15-5-7-22-40(34)45-42(33)35/h1-27H. The first-order valence-electron chi connectivity index (χ1n) is 15.2. The topological polar surface area (TPSA) is 16.4 Å². The van der Waals surface area contributed by atoms with E-state index in [2.05, 4.69) is 157 Å². The molecule has 3 heteroatoms. The fraction of sp³-hybridized carbons (Fsp3) is 0. The molecule has 0 saturated carbocycles. The quantitative estimate of drug-likeness (QED) is 0.197. The molecule has 0 aliphatic heterocycles. The minimum Gasteiger partial charge on any atom is -0.456 e. The van der Waals surface area contributed by atoms with E-state index in [1.54, 1.807) is 0 Å². The zero-order valence-corrected chi connectivity index (χ0v) is 25.2. The molecule has 2 nitrogen and oxygen atoms in total. The van der Waals surface area contributed by atoms with Crippen LogP contribution in [0.15, 0.2) is 168 Å². The van der Waals surface area contributed by atoms with Crippen LogP contribution < -0.4 is 4.90 Å². The summed E-state index contributed by atoms with van der Waals surface area (Å²) >= 11 is 1.87. The highest BCUT2D eigenvalue weighted by Crippen LogP contribution is 2.45. The summed E-state index contributed by atoms with van der Waals surface area (Å²) in [4.78, 5) is 2.36. The van der Waals surface area contributed by atoms with Crippen molar-refractivity contribution in [2.75, 3.05) is 4.90 Å². The van der Waals surface area contributed by atoms with Crippen LogP contribution >= 0.6 is 11.3 Å². The van der Waals surface area contributed by atoms with Gasteiger partial charge in [-0.2, -0.15) is 0 Å². The molecule has 7 aromatic carbocycles. The lowest BCUT2D eigenvalue weighted by Crippen LogP contribution is -2.10. The molecule has 9 aromatic rings. The van der Waals surface area contributed by atoms with Crippen LogP contribution in [0.25, 0.3) is 64.4 Å². The molecule has 2 heterocycles. The van der Waals surface area contributed by atoms with Gasteiger partial charge in [0.05, 0.1) is 11.1 Å². The third-order valence-corrected chi connectivity index (χ3v) is 9.89. The van der Waals surface area contributed by atoms with Gasteiger partial charge in [0.2, 0.25) is 0 Å². The lowest BCUT2D eigenvalue weighted by molar-refractivity contribution is 0.669. The Kier molecular flexibility index (Phi) is 6.03. The van der Waals surface area contributed by atoms with Crippen molar-refractivity contribution in [3.63, 3.8) is 0 Å². The van der Waals surface area contributed by atoms with Gasteiger partial charge in [0, 0.05) is 36.9 Å². The molecule has 212 valence electrons. The summed E-state index contributed by atoms with van der Waals surface area (Å²) in [6.45, 7) is 0. The number of rotatable bonds is 5. The van der Waals surface area contributed by atoms with E-state index in [1.807, 2.05) is 23.5 Å². The van der Waals surface area contributed by atoms with E-state index in [0.29, 0.717) is 0 Å². The highest BCUT2D eigenvalue weighted by Gasteiger charge is 2.20. The van der Waals surface area contributed by atoms with Gasteiger partial charge < -0.3 is 9.32 Å². The van der Waals surface area contributed by atoms with E-state index in [4.69, 9.17) is 4.42 Å². The fourth-order valence-electron chi connectivity index (χ4n) is 6.59. The summed E-state index contributed by atoms with van der Waals surface area (Å²) in [5, 5.41) is 4.86. The first-order chi connectivity index (χ1) is 22.3. The van der Waals surface area contributed by atoms with Crippen LogP contribution in [0.4, 0.5) is 17.1 Å². The van der Waals surface area contributed by atoms with E-state index >= 15 is 0 Å². The van der Waals surface area contributed by atoms with Crippen molar-refractivity contribution in [3.05, 3.63) is 164 Å². The Morgan fingerprint density at radius 1 is 0.444 bits per heavy atom. The molecular formula is C42H27NOS. The lowest BCUT2D eigenvalue weighted by atomic mass is 10.0. The van der Waals surface area contributed by atoms with Crippen molar-refractivity contribution in [1.29, 1.82) is 0 Å². The van der Waals surface area contributed by atoms with Gasteiger partial charge in [0.15, 0.2) is 0 Å². The first-order valence-corrected chi connectivity index (χ1v) is 16.0. The summed E-state index contributed by atoms with van der Waals surface area (Å²) in [5.74, 6) is 0. The van der Waals surface area contributed by atoms with Gasteiger partial charge >= 0.3 is 0 Å². The second-order valence-electron chi connectivity index (χ2n) is 11.3. The molecule has 0 unspecified atom stereocenters. The van der Waals surface area contributed by atoms with Crippen LogP contribution in [0.5, 0.6) is 0 Å². The number of nitrogens with zero attached hydrogens (tertiary/aromatic N) is 1. The molecule has 45 heavy (non-hydrogen) atoms. The third-order valence-electron chi connectivity index (χ3n) is 8.67. The van der Waals surface area contributed by atoms with Crippen molar-refractivity contribution in [2.45, 2.75) is 0 Å². The molecule has 0 spiro atoms. The Labute approximate surface area is 265 Å². The molecule has 0 saturated heterocycles. The number of hydrogen-bond donors (Lipinski definition) is 0. The Morgan fingerprint density at radius 2 is 1.13 bits per heavy atom. The molecule has 0 amide bonds. The fourth-order valence-corrected chi connectivity index (χ4v) is 7.83. The minimum absolute atomic E-state index is 0.881. The Bertz CT molecular complexity index is 2490. The van der Waals surface area contributed by atoms with E-state index in [1.165, 1.54) is 42.4 Å². The Morgan fingerprint density at radius 3 is 2.02 bits per heavy atom. The van der Waals surface area contributed by atoms with Crippen LogP contribution in [-0.2, 0) is 0 Å². The second-order valence-corrected chi connectivity index (χ2v) is 12.4. The minimum atomic E-state index is 0.881. The predicted octanol–water partition coefficient (Wildman–Crippen LogP) is 12.8. The van der Waals surface area contributed by atoms with Crippen LogP contribution in [-0.4, -0.2) is 0 Å². The monoisotopic (exact) mass is 593 g/mol. The van der Waals surface area contributed by atoms with Gasteiger partial charge in [-0.1, -0.05) is 115 Å². The van der Waals surface area contributed by atoms with Crippen LogP contribution in [0.3, 0.4) is 0 Å². The van der Waals surface area contributed by atoms with Crippen molar-refractivity contribution in [1.82, 2.24) is 0 Å². The number of thiophene rings is 1. The maximum Gasteiger partial charge on any atom is 0.137 e. The van der Waals surface area contributed by atoms with Gasteiger partial charge in [0.25, 0.3) is 0 Å². The normalized spacial score (nSPS) is 11.6. The van der Waals surface area contributed by atoms with E-state index in [-0.39, 0.29) is 0 Å². The average Bonchev–Trinajstić information content (AvgIpc) is 3.68. The maximum atomic E-state index is 6.33. The van der Waals surface area contributed by atoms with Crippen molar-refractivity contribution >= 4 is 70.5 Å². The van der Waals surface area contributed by atoms with Crippen molar-refractivity contribution in [2.24, 2.45) is 0 Å². The zero-order chi connectivity index (χ0) is 29.7. The van der Waals surface area contributed by atoms with Crippen molar-refractivity contribution in [3.8, 4) is 22.3 Å². The third kappa shape index (κ3) is 4.32. The summed E-state index contributed by atoms with van der Waals surface area (Å²) in [7, 11) is 0. The van der Waals surface area contributed by atoms with Gasteiger partial charge in [-0.3, -0.25) is 0 Å². The average molecular weight is 594 g/mol. The Balaban J connectivity index is 1.23. The molecule has 0 bridgehead atoms. The maximum absolute atomic E-state index is 6.33. The van der Waals surface area contributed by atoms with Crippen LogP contribution in [0.1, 0.15) is 0 Å². The first kappa shape index (κ1) is 25.8. The number of benzene rings is 7. The molecular weight excluding hydrogens is 567 g/mol. The highest BCUT2D eigenvalue weighted by atomic mass is 32.1. The van der Waals surface area contributed by atoms with E-state index < -0.39 is 0 Å². The largest absolute Gasteiger partial charge is 0.456 e. The molecule has 9 rings (SSSR count). The molecule has 0 aliphatic carbocycles. The van der Waals surface area contributed by atoms with Gasteiger partial charge in [0.1, 0.15) is 11.2 Å². The van der Waals surface area contributed by atoms with Gasteiger partial charge in [-0.25, -0.2) is 0 Å². The van der Waals surface area contributed by atoms with Crippen molar-refractivity contribution < 1.29 is 4.42 Å².